The number of hydrogen-bond acceptors (Lipinski definition) is 6. The smallest absolute Gasteiger partial charge is 0.355 e. The van der Waals surface area contributed by atoms with Crippen LogP contribution in [-0.2, 0) is 0 Å². The van der Waals surface area contributed by atoms with Gasteiger partial charge in [-0.2, -0.15) is 0 Å². The van der Waals surface area contributed by atoms with Crippen molar-refractivity contribution >= 4 is 23.9 Å². The molecule has 10 heteroatoms. The van der Waals surface area contributed by atoms with Gasteiger partial charge in [-0.15, -0.1) is 0 Å². The molecule has 0 aliphatic rings. The summed E-state index contributed by atoms with van der Waals surface area (Å²) in [6, 6.07) is 4.80. The molecule has 0 amide bonds. The molecule has 0 bridgehead atoms. The van der Waals surface area contributed by atoms with Crippen molar-refractivity contribution in [2.75, 3.05) is 0 Å². The lowest BCUT2D eigenvalue weighted by Crippen LogP contribution is -2.09. The van der Waals surface area contributed by atoms with Gasteiger partial charge in [0.25, 0.3) is 0 Å². The van der Waals surface area contributed by atoms with Crippen LogP contribution in [0.2, 0.25) is 0 Å². The number of aromatic carboxylic acids is 4. The highest BCUT2D eigenvalue weighted by Gasteiger charge is 2.15. The molecule has 0 aliphatic heterocycles. The van der Waals surface area contributed by atoms with Crippen molar-refractivity contribution in [3.05, 3.63) is 59.2 Å². The molecule has 24 heavy (non-hydrogen) atoms. The molecule has 0 fully saturated rings. The van der Waals surface area contributed by atoms with E-state index >= 15 is 0 Å². The number of rotatable bonds is 4. The van der Waals surface area contributed by atoms with E-state index in [4.69, 9.17) is 20.4 Å². The van der Waals surface area contributed by atoms with E-state index in [0.29, 0.717) is 0 Å². The Balaban J connectivity index is 0.000000240. The Morgan fingerprint density at radius 2 is 1.42 bits per heavy atom. The quantitative estimate of drug-likeness (QED) is 0.629. The molecule has 4 N–H and O–H groups in total. The second-order valence-electron chi connectivity index (χ2n) is 4.05. The zero-order valence-electron chi connectivity index (χ0n) is 11.8. The van der Waals surface area contributed by atoms with Crippen LogP contribution in [0.1, 0.15) is 41.7 Å². The molecule has 2 aromatic heterocycles. The zero-order valence-corrected chi connectivity index (χ0v) is 11.8. The van der Waals surface area contributed by atoms with Crippen molar-refractivity contribution in [3.63, 3.8) is 0 Å². The fraction of sp³-hybridized carbons (Fsp3) is 0. The predicted molar refractivity (Wildman–Crippen MR) is 76.3 cm³/mol. The lowest BCUT2D eigenvalue weighted by molar-refractivity contribution is 0.0646. The summed E-state index contributed by atoms with van der Waals surface area (Å²) in [5.74, 6) is -5.04. The van der Waals surface area contributed by atoms with E-state index in [1.165, 1.54) is 24.4 Å². The van der Waals surface area contributed by atoms with Crippen molar-refractivity contribution in [3.8, 4) is 0 Å². The topological polar surface area (TPSA) is 175 Å². The van der Waals surface area contributed by atoms with Gasteiger partial charge in [0.1, 0.15) is 5.69 Å². The standard InChI is InChI=1S/2C7H5NO4/c9-6(10)4-1-2-8-5(3-4)7(11)12;9-6(10)4-2-1-3-8-5(4)7(11)12/h2*1-3H,(H,9,10)(H,11,12). The van der Waals surface area contributed by atoms with Crippen molar-refractivity contribution in [2.45, 2.75) is 0 Å². The maximum absolute atomic E-state index is 10.4. The largest absolute Gasteiger partial charge is 0.478 e. The van der Waals surface area contributed by atoms with Gasteiger partial charge in [0.15, 0.2) is 5.69 Å². The second kappa shape index (κ2) is 7.98. The summed E-state index contributed by atoms with van der Waals surface area (Å²) < 4.78 is 0. The minimum Gasteiger partial charge on any atom is -0.478 e. The van der Waals surface area contributed by atoms with Gasteiger partial charge in [0.2, 0.25) is 0 Å². The van der Waals surface area contributed by atoms with E-state index < -0.39 is 29.6 Å². The Labute approximate surface area is 133 Å². The predicted octanol–water partition coefficient (Wildman–Crippen LogP) is 0.956. The van der Waals surface area contributed by atoms with E-state index in [2.05, 4.69) is 9.97 Å². The van der Waals surface area contributed by atoms with Gasteiger partial charge in [-0.3, -0.25) is 0 Å². The van der Waals surface area contributed by atoms with Crippen LogP contribution in [-0.4, -0.2) is 54.3 Å². The van der Waals surface area contributed by atoms with Crippen LogP contribution in [0, 0.1) is 0 Å². The number of aromatic nitrogens is 2. The molecule has 0 spiro atoms. The molecular formula is C14H10N2O8. The van der Waals surface area contributed by atoms with Crippen LogP contribution < -0.4 is 0 Å². The molecule has 0 unspecified atom stereocenters. The molecule has 2 aromatic rings. The lowest BCUT2D eigenvalue weighted by atomic mass is 10.2. The fourth-order valence-corrected chi connectivity index (χ4v) is 1.43. The maximum atomic E-state index is 10.4. The first-order chi connectivity index (χ1) is 11.2. The first-order valence-corrected chi connectivity index (χ1v) is 6.08. The van der Waals surface area contributed by atoms with Crippen LogP contribution in [0.25, 0.3) is 0 Å². The van der Waals surface area contributed by atoms with E-state index in [9.17, 15) is 19.2 Å². The third kappa shape index (κ3) is 4.87. The first kappa shape index (κ1) is 18.2. The van der Waals surface area contributed by atoms with Crippen molar-refractivity contribution in [1.82, 2.24) is 9.97 Å². The van der Waals surface area contributed by atoms with Gasteiger partial charge in [-0.05, 0) is 24.3 Å². The average Bonchev–Trinajstić information content (AvgIpc) is 2.55. The first-order valence-electron chi connectivity index (χ1n) is 6.08. The number of nitrogens with zero attached hydrogens (tertiary/aromatic N) is 2. The number of carboxylic acid groups (broad SMARTS) is 4. The summed E-state index contributed by atoms with van der Waals surface area (Å²) in [4.78, 5) is 48.4. The van der Waals surface area contributed by atoms with Gasteiger partial charge in [-0.1, -0.05) is 0 Å². The minimum atomic E-state index is -1.34. The van der Waals surface area contributed by atoms with Gasteiger partial charge in [0.05, 0.1) is 11.1 Å². The van der Waals surface area contributed by atoms with Gasteiger partial charge >= 0.3 is 23.9 Å². The molecule has 124 valence electrons. The molecule has 0 radical (unpaired) electrons. The van der Waals surface area contributed by atoms with Crippen LogP contribution in [0.5, 0.6) is 0 Å². The Hall–Kier alpha value is -3.82. The normalized spacial score (nSPS) is 9.33. The molecule has 0 aliphatic carbocycles. The third-order valence-electron chi connectivity index (χ3n) is 2.47. The van der Waals surface area contributed by atoms with Gasteiger partial charge < -0.3 is 20.4 Å². The van der Waals surface area contributed by atoms with Crippen LogP contribution in [0.15, 0.2) is 36.7 Å². The zero-order chi connectivity index (χ0) is 18.3. The number of carboxylic acids is 4. The van der Waals surface area contributed by atoms with E-state index in [1.807, 2.05) is 0 Å². The highest BCUT2D eigenvalue weighted by molar-refractivity contribution is 6.00. The van der Waals surface area contributed by atoms with Gasteiger partial charge in [0, 0.05) is 12.4 Å². The summed E-state index contributed by atoms with van der Waals surface area (Å²) in [7, 11) is 0. The summed E-state index contributed by atoms with van der Waals surface area (Å²) in [6.07, 6.45) is 2.38. The molecule has 2 rings (SSSR count). The maximum Gasteiger partial charge on any atom is 0.355 e. The molecular weight excluding hydrogens is 324 g/mol. The number of carbonyl (C=O) groups is 4. The Kier molecular flexibility index (Phi) is 6.06. The lowest BCUT2D eigenvalue weighted by Gasteiger charge is -1.97. The van der Waals surface area contributed by atoms with Crippen molar-refractivity contribution in [1.29, 1.82) is 0 Å². The summed E-state index contributed by atoms with van der Waals surface area (Å²) in [6.45, 7) is 0. The summed E-state index contributed by atoms with van der Waals surface area (Å²) >= 11 is 0. The molecule has 0 atom stereocenters. The second-order valence-corrected chi connectivity index (χ2v) is 4.05. The third-order valence-corrected chi connectivity index (χ3v) is 2.47. The Morgan fingerprint density at radius 3 is 1.88 bits per heavy atom. The summed E-state index contributed by atoms with van der Waals surface area (Å²) in [5, 5.41) is 33.9. The Morgan fingerprint density at radius 1 is 0.750 bits per heavy atom. The van der Waals surface area contributed by atoms with E-state index in [-0.39, 0.29) is 16.8 Å². The number of pyridine rings is 2. The van der Waals surface area contributed by atoms with Crippen LogP contribution in [0.4, 0.5) is 0 Å². The molecule has 0 saturated heterocycles. The van der Waals surface area contributed by atoms with Crippen LogP contribution in [0.3, 0.4) is 0 Å². The Bertz CT molecular complexity index is 741. The molecule has 0 saturated carbocycles. The van der Waals surface area contributed by atoms with E-state index in [0.717, 1.165) is 12.3 Å². The monoisotopic (exact) mass is 334 g/mol. The highest BCUT2D eigenvalue weighted by atomic mass is 16.4. The highest BCUT2D eigenvalue weighted by Crippen LogP contribution is 2.04. The van der Waals surface area contributed by atoms with Crippen LogP contribution >= 0.6 is 0 Å². The molecule has 0 aromatic carbocycles. The van der Waals surface area contributed by atoms with Gasteiger partial charge in [-0.25, -0.2) is 29.1 Å². The number of hydrogen-bond donors (Lipinski definition) is 4. The fourth-order valence-electron chi connectivity index (χ4n) is 1.43. The van der Waals surface area contributed by atoms with Crippen molar-refractivity contribution < 1.29 is 39.6 Å². The molecule has 10 nitrogen and oxygen atoms in total. The SMILES string of the molecule is O=C(O)c1cccnc1C(=O)O.O=C(O)c1ccnc(C(=O)O)c1. The summed E-state index contributed by atoms with van der Waals surface area (Å²) in [5.41, 5.74) is -1.09. The molecule has 2 heterocycles. The van der Waals surface area contributed by atoms with Crippen molar-refractivity contribution in [2.24, 2.45) is 0 Å². The average molecular weight is 334 g/mol. The minimum absolute atomic E-state index is 0.0811. The van der Waals surface area contributed by atoms with E-state index in [1.54, 1.807) is 0 Å².